The minimum Gasteiger partial charge on any atom is -0.417 e. The SMILES string of the molecule is CC(C)O[SiH](CCl)CCc1ccccc1. The lowest BCUT2D eigenvalue weighted by atomic mass is 10.2. The Morgan fingerprint density at radius 2 is 1.93 bits per heavy atom. The van der Waals surface area contributed by atoms with E-state index < -0.39 is 9.04 Å². The zero-order chi connectivity index (χ0) is 11.1. The second-order valence-corrected chi connectivity index (χ2v) is 7.31. The van der Waals surface area contributed by atoms with Gasteiger partial charge in [0.2, 0.25) is 0 Å². The fourth-order valence-corrected chi connectivity index (χ4v) is 4.01. The molecule has 0 saturated heterocycles. The maximum atomic E-state index is 5.91. The normalized spacial score (nSPS) is 13.1. The lowest BCUT2D eigenvalue weighted by Gasteiger charge is -2.16. The largest absolute Gasteiger partial charge is 0.417 e. The molecule has 0 radical (unpaired) electrons. The van der Waals surface area contributed by atoms with Crippen LogP contribution in [0, 0.1) is 0 Å². The molecule has 0 fully saturated rings. The molecule has 0 saturated carbocycles. The van der Waals surface area contributed by atoms with Crippen molar-refractivity contribution in [2.75, 3.05) is 5.50 Å². The van der Waals surface area contributed by atoms with Gasteiger partial charge in [-0.3, -0.25) is 0 Å². The molecule has 1 aromatic carbocycles. The van der Waals surface area contributed by atoms with E-state index in [4.69, 9.17) is 16.0 Å². The van der Waals surface area contributed by atoms with Crippen LogP contribution in [0.4, 0.5) is 0 Å². The number of hydrogen-bond donors (Lipinski definition) is 0. The molecule has 0 heterocycles. The fourth-order valence-electron chi connectivity index (χ4n) is 1.54. The molecule has 0 N–H and O–H groups in total. The van der Waals surface area contributed by atoms with Gasteiger partial charge >= 0.3 is 0 Å². The smallest absolute Gasteiger partial charge is 0.192 e. The van der Waals surface area contributed by atoms with Crippen molar-refractivity contribution in [2.45, 2.75) is 32.4 Å². The lowest BCUT2D eigenvalue weighted by Crippen LogP contribution is -2.25. The average molecular weight is 243 g/mol. The Balaban J connectivity index is 2.34. The van der Waals surface area contributed by atoms with Crippen molar-refractivity contribution in [1.82, 2.24) is 0 Å². The van der Waals surface area contributed by atoms with E-state index in [1.54, 1.807) is 0 Å². The summed E-state index contributed by atoms with van der Waals surface area (Å²) in [4.78, 5) is 0. The molecule has 0 aliphatic heterocycles. The van der Waals surface area contributed by atoms with E-state index in [9.17, 15) is 0 Å². The molecule has 84 valence electrons. The first kappa shape index (κ1) is 12.8. The summed E-state index contributed by atoms with van der Waals surface area (Å²) >= 11 is 5.91. The van der Waals surface area contributed by atoms with Crippen LogP contribution < -0.4 is 0 Å². The number of benzene rings is 1. The number of alkyl halides is 1. The molecule has 1 rings (SSSR count). The third kappa shape index (κ3) is 5.35. The molecule has 1 unspecified atom stereocenters. The molecule has 1 nitrogen and oxygen atoms in total. The fraction of sp³-hybridized carbons (Fsp3) is 0.500. The second-order valence-electron chi connectivity index (χ2n) is 3.99. The van der Waals surface area contributed by atoms with Gasteiger partial charge in [-0.15, -0.1) is 11.6 Å². The van der Waals surface area contributed by atoms with Crippen LogP contribution in [0.15, 0.2) is 30.3 Å². The van der Waals surface area contributed by atoms with E-state index in [2.05, 4.69) is 38.1 Å². The highest BCUT2D eigenvalue weighted by atomic mass is 35.5. The number of hydrogen-bond acceptors (Lipinski definition) is 1. The van der Waals surface area contributed by atoms with Crippen LogP contribution in [0.25, 0.3) is 0 Å². The first-order chi connectivity index (χ1) is 7.22. The summed E-state index contributed by atoms with van der Waals surface area (Å²) in [7, 11) is -1.18. The Hall–Kier alpha value is -0.313. The van der Waals surface area contributed by atoms with E-state index in [0.717, 1.165) is 12.5 Å². The lowest BCUT2D eigenvalue weighted by molar-refractivity contribution is 0.243. The molecule has 0 aliphatic carbocycles. The Kier molecular flexibility index (Phi) is 5.99. The van der Waals surface area contributed by atoms with Crippen molar-refractivity contribution in [3.63, 3.8) is 0 Å². The van der Waals surface area contributed by atoms with Gasteiger partial charge in [-0.25, -0.2) is 0 Å². The minimum absolute atomic E-state index is 0.316. The van der Waals surface area contributed by atoms with Gasteiger partial charge < -0.3 is 4.43 Å². The Labute approximate surface area is 99.1 Å². The molecule has 1 aromatic rings. The van der Waals surface area contributed by atoms with Gasteiger partial charge in [-0.2, -0.15) is 0 Å². The number of rotatable bonds is 6. The monoisotopic (exact) mass is 242 g/mol. The highest BCUT2D eigenvalue weighted by molar-refractivity contribution is 6.61. The van der Waals surface area contributed by atoms with Gasteiger partial charge in [0.25, 0.3) is 0 Å². The summed E-state index contributed by atoms with van der Waals surface area (Å²) < 4.78 is 5.83. The van der Waals surface area contributed by atoms with E-state index in [1.807, 2.05) is 6.07 Å². The van der Waals surface area contributed by atoms with E-state index in [-0.39, 0.29) is 0 Å². The maximum Gasteiger partial charge on any atom is 0.192 e. The number of aryl methyl sites for hydroxylation is 1. The van der Waals surface area contributed by atoms with Crippen molar-refractivity contribution in [3.05, 3.63) is 35.9 Å². The van der Waals surface area contributed by atoms with Crippen LogP contribution in [0.5, 0.6) is 0 Å². The molecule has 15 heavy (non-hydrogen) atoms. The minimum atomic E-state index is -1.18. The van der Waals surface area contributed by atoms with Crippen LogP contribution in [0.2, 0.25) is 6.04 Å². The summed E-state index contributed by atoms with van der Waals surface area (Å²) in [6.07, 6.45) is 1.41. The third-order valence-corrected chi connectivity index (χ3v) is 5.47. The Morgan fingerprint density at radius 3 is 2.47 bits per heavy atom. The topological polar surface area (TPSA) is 9.23 Å². The van der Waals surface area contributed by atoms with E-state index in [0.29, 0.717) is 11.6 Å². The molecular weight excluding hydrogens is 224 g/mol. The Bertz CT molecular complexity index is 264. The Morgan fingerprint density at radius 1 is 1.27 bits per heavy atom. The van der Waals surface area contributed by atoms with Crippen LogP contribution in [0.3, 0.4) is 0 Å². The van der Waals surface area contributed by atoms with Crippen LogP contribution >= 0.6 is 11.6 Å². The van der Waals surface area contributed by atoms with Crippen LogP contribution in [0.1, 0.15) is 19.4 Å². The molecule has 0 amide bonds. The summed E-state index contributed by atoms with van der Waals surface area (Å²) in [6, 6.07) is 11.7. The van der Waals surface area contributed by atoms with E-state index in [1.165, 1.54) is 5.56 Å². The average Bonchev–Trinajstić information content (AvgIpc) is 2.25. The highest BCUT2D eigenvalue weighted by Crippen LogP contribution is 2.08. The molecule has 3 heteroatoms. The van der Waals surface area contributed by atoms with Crippen molar-refractivity contribution >= 4 is 20.6 Å². The molecule has 0 aliphatic rings. The predicted octanol–water partition coefficient (Wildman–Crippen LogP) is 3.16. The predicted molar refractivity (Wildman–Crippen MR) is 69.0 cm³/mol. The van der Waals surface area contributed by atoms with Crippen molar-refractivity contribution in [2.24, 2.45) is 0 Å². The summed E-state index contributed by atoms with van der Waals surface area (Å²) in [5, 5.41) is 0. The van der Waals surface area contributed by atoms with Crippen molar-refractivity contribution in [1.29, 1.82) is 0 Å². The van der Waals surface area contributed by atoms with E-state index >= 15 is 0 Å². The molecular formula is C12H19ClOSi. The van der Waals surface area contributed by atoms with Gasteiger partial charge in [-0.05, 0) is 31.9 Å². The van der Waals surface area contributed by atoms with Gasteiger partial charge in [0.15, 0.2) is 9.04 Å². The summed E-state index contributed by atoms with van der Waals surface area (Å²) in [6.45, 7) is 4.16. The zero-order valence-corrected chi connectivity index (χ0v) is 11.4. The molecule has 0 spiro atoms. The summed E-state index contributed by atoms with van der Waals surface area (Å²) in [5.41, 5.74) is 2.10. The first-order valence-electron chi connectivity index (χ1n) is 5.47. The van der Waals surface area contributed by atoms with Crippen molar-refractivity contribution in [3.8, 4) is 0 Å². The van der Waals surface area contributed by atoms with Gasteiger partial charge in [0.1, 0.15) is 0 Å². The van der Waals surface area contributed by atoms with Gasteiger partial charge in [-0.1, -0.05) is 30.3 Å². The summed E-state index contributed by atoms with van der Waals surface area (Å²) in [5.74, 6) is 0. The van der Waals surface area contributed by atoms with Crippen LogP contribution in [-0.2, 0) is 10.8 Å². The second kappa shape index (κ2) is 7.04. The van der Waals surface area contributed by atoms with Crippen LogP contribution in [-0.4, -0.2) is 20.6 Å². The maximum absolute atomic E-state index is 5.91. The standard InChI is InChI=1S/C12H19ClOSi/c1-11(2)14-15(10-13)9-8-12-6-4-3-5-7-12/h3-7,11,15H,8-10H2,1-2H3. The molecule has 1 atom stereocenters. The third-order valence-electron chi connectivity index (χ3n) is 2.23. The van der Waals surface area contributed by atoms with Gasteiger partial charge in [0, 0.05) is 11.6 Å². The number of halogens is 1. The molecule has 0 aromatic heterocycles. The van der Waals surface area contributed by atoms with Crippen molar-refractivity contribution < 1.29 is 4.43 Å². The molecule has 0 bridgehead atoms. The first-order valence-corrected chi connectivity index (χ1v) is 8.11. The van der Waals surface area contributed by atoms with Gasteiger partial charge in [0.05, 0.1) is 0 Å². The quantitative estimate of drug-likeness (QED) is 0.550. The zero-order valence-electron chi connectivity index (χ0n) is 9.45. The highest BCUT2D eigenvalue weighted by Gasteiger charge is 2.12.